The minimum Gasteiger partial charge on any atom is -0.493 e. The number of ether oxygens (including phenoxy) is 2. The zero-order valence-corrected chi connectivity index (χ0v) is 20.3. The molecule has 1 amide bonds. The summed E-state index contributed by atoms with van der Waals surface area (Å²) in [6.07, 6.45) is 0. The minimum absolute atomic E-state index is 0.0308. The SMILES string of the molecule is COc1ccc(CN(C)C(=O)CN(c2ccccc2F)S(=O)(=O)c2ccc(C)cc2)cc1OC. The fourth-order valence-corrected chi connectivity index (χ4v) is 4.80. The molecule has 0 atom stereocenters. The van der Waals surface area contributed by atoms with Crippen molar-refractivity contribution in [3.63, 3.8) is 0 Å². The number of sulfonamides is 1. The van der Waals surface area contributed by atoms with Gasteiger partial charge in [-0.2, -0.15) is 0 Å². The van der Waals surface area contributed by atoms with Crippen LogP contribution in [0.3, 0.4) is 0 Å². The Morgan fingerprint density at radius 3 is 2.21 bits per heavy atom. The van der Waals surface area contributed by atoms with Gasteiger partial charge in [0.15, 0.2) is 11.5 Å². The molecule has 34 heavy (non-hydrogen) atoms. The van der Waals surface area contributed by atoms with E-state index in [1.54, 1.807) is 37.4 Å². The highest BCUT2D eigenvalue weighted by Gasteiger charge is 2.30. The van der Waals surface area contributed by atoms with Crippen molar-refractivity contribution in [2.24, 2.45) is 0 Å². The van der Waals surface area contributed by atoms with E-state index in [0.717, 1.165) is 21.5 Å². The van der Waals surface area contributed by atoms with E-state index in [1.165, 1.54) is 49.5 Å². The van der Waals surface area contributed by atoms with Crippen LogP contribution in [0.1, 0.15) is 11.1 Å². The van der Waals surface area contributed by atoms with Gasteiger partial charge in [0.2, 0.25) is 5.91 Å². The van der Waals surface area contributed by atoms with E-state index < -0.39 is 28.3 Å². The number of hydrogen-bond donors (Lipinski definition) is 0. The molecule has 0 saturated heterocycles. The number of aryl methyl sites for hydroxylation is 1. The predicted octanol–water partition coefficient (Wildman–Crippen LogP) is 4.01. The number of amides is 1. The van der Waals surface area contributed by atoms with Crippen LogP contribution in [0, 0.1) is 12.7 Å². The highest BCUT2D eigenvalue weighted by atomic mass is 32.2. The summed E-state index contributed by atoms with van der Waals surface area (Å²) in [5.74, 6) is -0.187. The first-order valence-corrected chi connectivity index (χ1v) is 11.9. The third-order valence-electron chi connectivity index (χ3n) is 5.30. The molecular weight excluding hydrogens is 459 g/mol. The normalized spacial score (nSPS) is 11.1. The van der Waals surface area contributed by atoms with E-state index in [2.05, 4.69) is 0 Å². The van der Waals surface area contributed by atoms with Crippen molar-refractivity contribution in [1.82, 2.24) is 4.90 Å². The molecule has 180 valence electrons. The maximum absolute atomic E-state index is 14.6. The Balaban J connectivity index is 1.90. The first-order chi connectivity index (χ1) is 16.2. The first-order valence-electron chi connectivity index (χ1n) is 10.5. The van der Waals surface area contributed by atoms with Crippen LogP contribution in [-0.2, 0) is 21.4 Å². The van der Waals surface area contributed by atoms with Crippen molar-refractivity contribution in [2.45, 2.75) is 18.4 Å². The van der Waals surface area contributed by atoms with Crippen LogP contribution >= 0.6 is 0 Å². The maximum atomic E-state index is 14.6. The van der Waals surface area contributed by atoms with Crippen molar-refractivity contribution in [3.05, 3.63) is 83.7 Å². The summed E-state index contributed by atoms with van der Waals surface area (Å²) < 4.78 is 52.8. The van der Waals surface area contributed by atoms with Crippen molar-refractivity contribution < 1.29 is 27.1 Å². The van der Waals surface area contributed by atoms with E-state index in [9.17, 15) is 17.6 Å². The zero-order chi connectivity index (χ0) is 24.9. The average molecular weight is 487 g/mol. The molecule has 0 spiro atoms. The summed E-state index contributed by atoms with van der Waals surface area (Å²) in [6, 6.07) is 16.9. The molecule has 0 aliphatic carbocycles. The van der Waals surface area contributed by atoms with Crippen LogP contribution in [0.25, 0.3) is 0 Å². The van der Waals surface area contributed by atoms with Gasteiger partial charge < -0.3 is 14.4 Å². The van der Waals surface area contributed by atoms with E-state index in [0.29, 0.717) is 11.5 Å². The Morgan fingerprint density at radius 2 is 1.59 bits per heavy atom. The van der Waals surface area contributed by atoms with Gasteiger partial charge in [0.25, 0.3) is 10.0 Å². The largest absolute Gasteiger partial charge is 0.493 e. The number of halogens is 1. The lowest BCUT2D eigenvalue weighted by molar-refractivity contribution is -0.128. The number of para-hydroxylation sites is 1. The highest BCUT2D eigenvalue weighted by molar-refractivity contribution is 7.92. The van der Waals surface area contributed by atoms with Crippen LogP contribution in [-0.4, -0.2) is 47.0 Å². The van der Waals surface area contributed by atoms with Gasteiger partial charge in [0, 0.05) is 13.6 Å². The molecule has 0 unspecified atom stereocenters. The molecule has 3 aromatic carbocycles. The Hall–Kier alpha value is -3.59. The number of rotatable bonds is 9. The molecule has 3 rings (SSSR count). The Labute approximate surface area is 199 Å². The second kappa shape index (κ2) is 10.6. The lowest BCUT2D eigenvalue weighted by Gasteiger charge is -2.27. The van der Waals surface area contributed by atoms with Crippen LogP contribution in [0.4, 0.5) is 10.1 Å². The maximum Gasteiger partial charge on any atom is 0.264 e. The number of benzene rings is 3. The van der Waals surface area contributed by atoms with Crippen LogP contribution in [0.2, 0.25) is 0 Å². The number of anilines is 1. The van der Waals surface area contributed by atoms with E-state index in [4.69, 9.17) is 9.47 Å². The van der Waals surface area contributed by atoms with E-state index >= 15 is 0 Å². The monoisotopic (exact) mass is 486 g/mol. The third-order valence-corrected chi connectivity index (χ3v) is 7.08. The lowest BCUT2D eigenvalue weighted by atomic mass is 10.2. The number of methoxy groups -OCH3 is 2. The second-order valence-corrected chi connectivity index (χ2v) is 9.58. The topological polar surface area (TPSA) is 76.2 Å². The summed E-state index contributed by atoms with van der Waals surface area (Å²) in [4.78, 5) is 14.4. The van der Waals surface area contributed by atoms with Gasteiger partial charge in [-0.25, -0.2) is 12.8 Å². The molecule has 0 aliphatic rings. The fraction of sp³-hybridized carbons (Fsp3) is 0.240. The second-order valence-electron chi connectivity index (χ2n) is 7.72. The third kappa shape index (κ3) is 5.48. The molecule has 3 aromatic rings. The zero-order valence-electron chi connectivity index (χ0n) is 19.5. The molecule has 0 saturated carbocycles. The molecule has 0 heterocycles. The number of likely N-dealkylation sites (N-methyl/N-ethyl adjacent to an activating group) is 1. The molecule has 0 fully saturated rings. The number of hydrogen-bond acceptors (Lipinski definition) is 5. The Kier molecular flexibility index (Phi) is 7.78. The van der Waals surface area contributed by atoms with Crippen molar-refractivity contribution in [1.29, 1.82) is 0 Å². The van der Waals surface area contributed by atoms with Gasteiger partial charge in [0.1, 0.15) is 12.4 Å². The number of nitrogens with zero attached hydrogens (tertiary/aromatic N) is 2. The summed E-state index contributed by atoms with van der Waals surface area (Å²) >= 11 is 0. The van der Waals surface area contributed by atoms with Gasteiger partial charge in [-0.3, -0.25) is 9.10 Å². The van der Waals surface area contributed by atoms with E-state index in [1.807, 2.05) is 6.92 Å². The predicted molar refractivity (Wildman–Crippen MR) is 128 cm³/mol. The Bertz CT molecular complexity index is 1260. The van der Waals surface area contributed by atoms with Gasteiger partial charge in [-0.15, -0.1) is 0 Å². The molecule has 9 heteroatoms. The summed E-state index contributed by atoms with van der Waals surface area (Å²) in [6.45, 7) is 1.45. The molecular formula is C25H27FN2O5S. The van der Waals surface area contributed by atoms with Gasteiger partial charge in [-0.1, -0.05) is 35.9 Å². The molecule has 0 bridgehead atoms. The summed E-state index contributed by atoms with van der Waals surface area (Å²) in [5, 5.41) is 0. The van der Waals surface area contributed by atoms with Crippen molar-refractivity contribution in [2.75, 3.05) is 32.1 Å². The van der Waals surface area contributed by atoms with Crippen molar-refractivity contribution >= 4 is 21.6 Å². The quantitative estimate of drug-likeness (QED) is 0.457. The van der Waals surface area contributed by atoms with Crippen molar-refractivity contribution in [3.8, 4) is 11.5 Å². The molecule has 0 aliphatic heterocycles. The Morgan fingerprint density at radius 1 is 0.941 bits per heavy atom. The van der Waals surface area contributed by atoms with Gasteiger partial charge >= 0.3 is 0 Å². The summed E-state index contributed by atoms with van der Waals surface area (Å²) in [5.41, 5.74) is 1.44. The number of carbonyl (C=O) groups is 1. The van der Waals surface area contributed by atoms with Gasteiger partial charge in [0.05, 0.1) is 24.8 Å². The summed E-state index contributed by atoms with van der Waals surface area (Å²) in [7, 11) is 0.387. The van der Waals surface area contributed by atoms with Crippen LogP contribution in [0.15, 0.2) is 71.6 Å². The highest BCUT2D eigenvalue weighted by Crippen LogP contribution is 2.29. The fourth-order valence-electron chi connectivity index (χ4n) is 3.38. The van der Waals surface area contributed by atoms with Gasteiger partial charge in [-0.05, 0) is 48.9 Å². The molecule has 0 radical (unpaired) electrons. The van der Waals surface area contributed by atoms with Crippen LogP contribution < -0.4 is 13.8 Å². The average Bonchev–Trinajstić information content (AvgIpc) is 2.83. The standard InChI is InChI=1S/C25H27FN2O5S/c1-18-9-12-20(13-10-18)34(30,31)28(22-8-6-5-7-21(22)26)17-25(29)27(2)16-19-11-14-23(32-3)24(15-19)33-4/h5-15H,16-17H2,1-4H3. The molecule has 0 N–H and O–H groups in total. The minimum atomic E-state index is -4.21. The lowest BCUT2D eigenvalue weighted by Crippen LogP contribution is -2.41. The van der Waals surface area contributed by atoms with Crippen LogP contribution in [0.5, 0.6) is 11.5 Å². The smallest absolute Gasteiger partial charge is 0.264 e. The molecule has 7 nitrogen and oxygen atoms in total. The molecule has 0 aromatic heterocycles. The first kappa shape index (κ1) is 25.0. The number of carbonyl (C=O) groups excluding carboxylic acids is 1. The van der Waals surface area contributed by atoms with E-state index in [-0.39, 0.29) is 17.1 Å².